The monoisotopic (exact) mass is 548 g/mol. The number of halogens is 2. The van der Waals surface area contributed by atoms with Crippen molar-refractivity contribution >= 4 is 39.2 Å². The van der Waals surface area contributed by atoms with Crippen LogP contribution in [-0.2, 0) is 34.4 Å². The molecule has 0 aromatic heterocycles. The zero-order valence-electron chi connectivity index (χ0n) is 19.4. The van der Waals surface area contributed by atoms with E-state index in [1.807, 2.05) is 18.2 Å². The van der Waals surface area contributed by atoms with Gasteiger partial charge in [-0.05, 0) is 53.6 Å². The Kier molecular flexibility index (Phi) is 8.54. The first-order valence-electron chi connectivity index (χ1n) is 11.4. The van der Waals surface area contributed by atoms with E-state index in [1.54, 1.807) is 36.4 Å². The van der Waals surface area contributed by atoms with Crippen molar-refractivity contribution in [3.05, 3.63) is 93.5 Å². The van der Waals surface area contributed by atoms with E-state index in [9.17, 15) is 18.3 Å². The highest BCUT2D eigenvalue weighted by Crippen LogP contribution is 2.26. The molecule has 1 saturated heterocycles. The second kappa shape index (κ2) is 11.6. The lowest BCUT2D eigenvalue weighted by atomic mass is 10.1. The smallest absolute Gasteiger partial charge is 0.307 e. The summed E-state index contributed by atoms with van der Waals surface area (Å²) >= 11 is 11.9. The van der Waals surface area contributed by atoms with Gasteiger partial charge < -0.3 is 9.84 Å². The van der Waals surface area contributed by atoms with E-state index in [4.69, 9.17) is 27.9 Å². The summed E-state index contributed by atoms with van der Waals surface area (Å²) < 4.78 is 33.5. The van der Waals surface area contributed by atoms with Gasteiger partial charge in [0.2, 0.25) is 10.0 Å². The number of piperazine rings is 1. The van der Waals surface area contributed by atoms with Gasteiger partial charge in [0, 0.05) is 48.3 Å². The quantitative estimate of drug-likeness (QED) is 0.416. The molecule has 190 valence electrons. The predicted molar refractivity (Wildman–Crippen MR) is 139 cm³/mol. The van der Waals surface area contributed by atoms with Gasteiger partial charge in [0.1, 0.15) is 12.4 Å². The summed E-state index contributed by atoms with van der Waals surface area (Å²) in [6, 6.07) is 19.0. The summed E-state index contributed by atoms with van der Waals surface area (Å²) in [7, 11) is -3.60. The maximum atomic E-state index is 13.0. The number of nitrogens with zero attached hydrogens (tertiary/aromatic N) is 2. The molecular formula is C26H26Cl2N2O5S. The number of rotatable bonds is 9. The summed E-state index contributed by atoms with van der Waals surface area (Å²) in [4.78, 5) is 13.6. The molecule has 0 spiro atoms. The zero-order valence-corrected chi connectivity index (χ0v) is 21.8. The largest absolute Gasteiger partial charge is 0.489 e. The topological polar surface area (TPSA) is 87.2 Å². The van der Waals surface area contributed by atoms with Crippen LogP contribution in [0.25, 0.3) is 0 Å². The van der Waals surface area contributed by atoms with Crippen LogP contribution in [0, 0.1) is 0 Å². The molecule has 7 nitrogen and oxygen atoms in total. The predicted octanol–water partition coefficient (Wildman–Crippen LogP) is 4.71. The van der Waals surface area contributed by atoms with E-state index >= 15 is 0 Å². The number of benzene rings is 3. The number of hydrogen-bond acceptors (Lipinski definition) is 5. The molecule has 1 aliphatic heterocycles. The van der Waals surface area contributed by atoms with Crippen molar-refractivity contribution < 1.29 is 23.1 Å². The van der Waals surface area contributed by atoms with Crippen LogP contribution >= 0.6 is 23.2 Å². The lowest BCUT2D eigenvalue weighted by Crippen LogP contribution is -2.48. The molecule has 0 unspecified atom stereocenters. The molecule has 3 aromatic rings. The molecule has 0 amide bonds. The molecular weight excluding hydrogens is 523 g/mol. The van der Waals surface area contributed by atoms with Gasteiger partial charge in [-0.15, -0.1) is 0 Å². The van der Waals surface area contributed by atoms with Gasteiger partial charge in [-0.25, -0.2) is 8.42 Å². The molecule has 0 saturated carbocycles. The third-order valence-electron chi connectivity index (χ3n) is 5.96. The molecule has 0 atom stereocenters. The summed E-state index contributed by atoms with van der Waals surface area (Å²) in [5, 5.41) is 10.3. The van der Waals surface area contributed by atoms with E-state index in [1.165, 1.54) is 16.4 Å². The molecule has 3 aromatic carbocycles. The average Bonchev–Trinajstić information content (AvgIpc) is 2.85. The number of hydrogen-bond donors (Lipinski definition) is 1. The maximum absolute atomic E-state index is 13.0. The summed E-state index contributed by atoms with van der Waals surface area (Å²) in [5.41, 5.74) is 2.50. The number of carboxylic acids is 1. The molecule has 36 heavy (non-hydrogen) atoms. The highest BCUT2D eigenvalue weighted by atomic mass is 35.5. The first-order valence-corrected chi connectivity index (χ1v) is 13.6. The third kappa shape index (κ3) is 6.78. The van der Waals surface area contributed by atoms with Crippen LogP contribution < -0.4 is 4.74 Å². The molecule has 1 N–H and O–H groups in total. The molecule has 0 radical (unpaired) electrons. The highest BCUT2D eigenvalue weighted by Gasteiger charge is 2.28. The summed E-state index contributed by atoms with van der Waals surface area (Å²) in [6.45, 7) is 2.62. The third-order valence-corrected chi connectivity index (χ3v) is 8.38. The molecule has 1 aliphatic rings. The Morgan fingerprint density at radius 2 is 1.44 bits per heavy atom. The molecule has 0 bridgehead atoms. The molecule has 4 rings (SSSR count). The van der Waals surface area contributed by atoms with Crippen molar-refractivity contribution in [1.29, 1.82) is 0 Å². The number of ether oxygens (including phenoxy) is 1. The molecule has 1 fully saturated rings. The van der Waals surface area contributed by atoms with Crippen LogP contribution in [0.2, 0.25) is 10.0 Å². The second-order valence-corrected chi connectivity index (χ2v) is 11.4. The van der Waals surface area contributed by atoms with Crippen molar-refractivity contribution in [2.75, 3.05) is 26.2 Å². The fraction of sp³-hybridized carbons (Fsp3) is 0.269. The van der Waals surface area contributed by atoms with Crippen molar-refractivity contribution in [3.63, 3.8) is 0 Å². The lowest BCUT2D eigenvalue weighted by molar-refractivity contribution is -0.136. The van der Waals surface area contributed by atoms with Gasteiger partial charge in [-0.2, -0.15) is 4.31 Å². The normalized spacial score (nSPS) is 15.1. The van der Waals surface area contributed by atoms with Crippen LogP contribution in [-0.4, -0.2) is 54.9 Å². The van der Waals surface area contributed by atoms with Crippen molar-refractivity contribution in [2.24, 2.45) is 0 Å². The van der Waals surface area contributed by atoms with Crippen LogP contribution in [0.1, 0.15) is 16.7 Å². The van der Waals surface area contributed by atoms with E-state index < -0.39 is 16.0 Å². The van der Waals surface area contributed by atoms with Crippen LogP contribution in [0.4, 0.5) is 0 Å². The van der Waals surface area contributed by atoms with E-state index in [0.29, 0.717) is 60.7 Å². The first-order chi connectivity index (χ1) is 17.2. The van der Waals surface area contributed by atoms with Crippen molar-refractivity contribution in [3.8, 4) is 5.75 Å². The minimum Gasteiger partial charge on any atom is -0.489 e. The van der Waals surface area contributed by atoms with Gasteiger partial charge in [-0.1, -0.05) is 47.5 Å². The van der Waals surface area contributed by atoms with Gasteiger partial charge in [-0.3, -0.25) is 9.69 Å². The van der Waals surface area contributed by atoms with Crippen LogP contribution in [0.15, 0.2) is 71.6 Å². The fourth-order valence-electron chi connectivity index (χ4n) is 4.05. The van der Waals surface area contributed by atoms with Gasteiger partial charge in [0.15, 0.2) is 0 Å². The summed E-state index contributed by atoms with van der Waals surface area (Å²) in [5.74, 6) is -0.243. The minimum absolute atomic E-state index is 0.0857. The fourth-order valence-corrected chi connectivity index (χ4v) is 5.72. The Hall–Kier alpha value is -2.62. The Morgan fingerprint density at radius 1 is 0.861 bits per heavy atom. The van der Waals surface area contributed by atoms with E-state index in [2.05, 4.69) is 4.90 Å². The Morgan fingerprint density at radius 3 is 2.06 bits per heavy atom. The average molecular weight is 549 g/mol. The summed E-state index contributed by atoms with van der Waals surface area (Å²) in [6.07, 6.45) is -0.0857. The Balaban J connectivity index is 1.44. The van der Waals surface area contributed by atoms with Crippen molar-refractivity contribution in [1.82, 2.24) is 9.21 Å². The Labute approximate surface area is 220 Å². The van der Waals surface area contributed by atoms with Crippen LogP contribution in [0.3, 0.4) is 0 Å². The second-order valence-electron chi connectivity index (χ2n) is 8.56. The molecule has 0 aliphatic carbocycles. The molecule has 10 heteroatoms. The number of sulfonamides is 1. The highest BCUT2D eigenvalue weighted by molar-refractivity contribution is 7.89. The van der Waals surface area contributed by atoms with Gasteiger partial charge in [0.25, 0.3) is 0 Å². The van der Waals surface area contributed by atoms with Gasteiger partial charge >= 0.3 is 5.97 Å². The molecule has 1 heterocycles. The maximum Gasteiger partial charge on any atom is 0.307 e. The standard InChI is InChI=1S/C26H26Cl2N2O5S/c27-22-4-1-19(2-5-22)18-35-25-10-3-20(16-26(31)32)15-21(25)17-29-11-13-30(14-12-29)36(33,34)24-8-6-23(28)7-9-24/h1-10,15H,11-14,16-18H2,(H,31,32). The van der Waals surface area contributed by atoms with E-state index in [0.717, 1.165) is 11.1 Å². The number of carbonyl (C=O) groups is 1. The SMILES string of the molecule is O=C(O)Cc1ccc(OCc2ccc(Cl)cc2)c(CN2CCN(S(=O)(=O)c3ccc(Cl)cc3)CC2)c1. The van der Waals surface area contributed by atoms with Crippen LogP contribution in [0.5, 0.6) is 5.75 Å². The first kappa shape index (κ1) is 26.4. The lowest BCUT2D eigenvalue weighted by Gasteiger charge is -2.34. The number of aliphatic carboxylic acids is 1. The minimum atomic E-state index is -3.60. The van der Waals surface area contributed by atoms with Gasteiger partial charge in [0.05, 0.1) is 11.3 Å². The Bertz CT molecular complexity index is 1310. The van der Waals surface area contributed by atoms with E-state index in [-0.39, 0.29) is 11.3 Å². The number of carboxylic acid groups (broad SMARTS) is 1. The zero-order chi connectivity index (χ0) is 25.7. The van der Waals surface area contributed by atoms with Crippen molar-refractivity contribution in [2.45, 2.75) is 24.5 Å².